The van der Waals surface area contributed by atoms with Crippen molar-refractivity contribution in [3.63, 3.8) is 0 Å². The summed E-state index contributed by atoms with van der Waals surface area (Å²) in [6.07, 6.45) is 4.08. The maximum Gasteiger partial charge on any atom is 0.175 e. The van der Waals surface area contributed by atoms with Gasteiger partial charge in [0.15, 0.2) is 5.78 Å². The molecule has 2 heteroatoms. The molecule has 1 rings (SSSR count). The Morgan fingerprint density at radius 1 is 1.29 bits per heavy atom. The molecular weight excluding hydrogens is 174 g/mol. The lowest BCUT2D eigenvalue weighted by molar-refractivity contribution is 0.101. The summed E-state index contributed by atoms with van der Waals surface area (Å²) in [4.78, 5) is 13.6. The number of carbonyl (C=O) groups is 1. The SMILES string of the molecule is CC(=O)c1ccc(C)[nH]1.CCCCC. The third kappa shape index (κ3) is 5.57. The van der Waals surface area contributed by atoms with Gasteiger partial charge in [-0.3, -0.25) is 4.79 Å². The Kier molecular flexibility index (Phi) is 6.81. The molecule has 0 aromatic carbocycles. The van der Waals surface area contributed by atoms with E-state index in [-0.39, 0.29) is 5.78 Å². The Morgan fingerprint density at radius 3 is 2.00 bits per heavy atom. The van der Waals surface area contributed by atoms with Crippen molar-refractivity contribution in [1.82, 2.24) is 4.98 Å². The molecule has 0 aliphatic heterocycles. The van der Waals surface area contributed by atoms with Crippen LogP contribution in [-0.2, 0) is 0 Å². The lowest BCUT2D eigenvalue weighted by Gasteiger charge is -1.84. The minimum absolute atomic E-state index is 0.0862. The second-order valence-corrected chi connectivity index (χ2v) is 3.46. The van der Waals surface area contributed by atoms with Gasteiger partial charge in [-0.25, -0.2) is 0 Å². The number of aryl methyl sites for hydroxylation is 1. The smallest absolute Gasteiger partial charge is 0.175 e. The first-order chi connectivity index (χ1) is 6.61. The monoisotopic (exact) mass is 195 g/mol. The molecule has 1 heterocycles. The summed E-state index contributed by atoms with van der Waals surface area (Å²) in [6, 6.07) is 3.68. The van der Waals surface area contributed by atoms with E-state index in [9.17, 15) is 4.79 Å². The number of Topliss-reactive ketones (excluding diaryl/α,β-unsaturated/α-hetero) is 1. The Balaban J connectivity index is 0.000000292. The molecule has 14 heavy (non-hydrogen) atoms. The summed E-state index contributed by atoms with van der Waals surface area (Å²) in [5.41, 5.74) is 1.72. The molecular formula is C12H21NO. The Hall–Kier alpha value is -1.05. The van der Waals surface area contributed by atoms with E-state index in [0.29, 0.717) is 5.69 Å². The third-order valence-electron chi connectivity index (χ3n) is 1.92. The van der Waals surface area contributed by atoms with Gasteiger partial charge in [0, 0.05) is 12.6 Å². The van der Waals surface area contributed by atoms with E-state index >= 15 is 0 Å². The van der Waals surface area contributed by atoms with Crippen molar-refractivity contribution in [2.24, 2.45) is 0 Å². The van der Waals surface area contributed by atoms with Gasteiger partial charge in [0.2, 0.25) is 0 Å². The molecule has 0 saturated carbocycles. The van der Waals surface area contributed by atoms with E-state index in [2.05, 4.69) is 18.8 Å². The number of ketones is 1. The molecule has 0 saturated heterocycles. The van der Waals surface area contributed by atoms with E-state index in [1.807, 2.05) is 13.0 Å². The van der Waals surface area contributed by atoms with Crippen molar-refractivity contribution in [1.29, 1.82) is 0 Å². The fourth-order valence-corrected chi connectivity index (χ4v) is 1.06. The fourth-order valence-electron chi connectivity index (χ4n) is 1.06. The second-order valence-electron chi connectivity index (χ2n) is 3.46. The van der Waals surface area contributed by atoms with Gasteiger partial charge < -0.3 is 4.98 Å². The van der Waals surface area contributed by atoms with Crippen molar-refractivity contribution < 1.29 is 4.79 Å². The van der Waals surface area contributed by atoms with E-state index in [4.69, 9.17) is 0 Å². The first-order valence-electron chi connectivity index (χ1n) is 5.28. The quantitative estimate of drug-likeness (QED) is 0.732. The van der Waals surface area contributed by atoms with Gasteiger partial charge in [0.25, 0.3) is 0 Å². The van der Waals surface area contributed by atoms with E-state index in [1.54, 1.807) is 13.0 Å². The molecule has 0 aliphatic carbocycles. The molecule has 0 fully saturated rings. The molecule has 0 radical (unpaired) electrons. The highest BCUT2D eigenvalue weighted by atomic mass is 16.1. The molecule has 80 valence electrons. The maximum atomic E-state index is 10.6. The van der Waals surface area contributed by atoms with Crippen LogP contribution in [-0.4, -0.2) is 10.8 Å². The van der Waals surface area contributed by atoms with Crippen LogP contribution in [0, 0.1) is 6.92 Å². The summed E-state index contributed by atoms with van der Waals surface area (Å²) < 4.78 is 0. The van der Waals surface area contributed by atoms with Gasteiger partial charge in [-0.2, -0.15) is 0 Å². The molecule has 1 N–H and O–H groups in total. The maximum absolute atomic E-state index is 10.6. The minimum Gasteiger partial charge on any atom is -0.356 e. The second kappa shape index (κ2) is 7.36. The molecule has 0 bridgehead atoms. The van der Waals surface area contributed by atoms with Crippen molar-refractivity contribution in [3.05, 3.63) is 23.5 Å². The van der Waals surface area contributed by atoms with Crippen molar-refractivity contribution in [3.8, 4) is 0 Å². The van der Waals surface area contributed by atoms with Crippen LogP contribution in [0.2, 0.25) is 0 Å². The van der Waals surface area contributed by atoms with E-state index in [0.717, 1.165) is 5.69 Å². The summed E-state index contributed by atoms with van der Waals surface area (Å²) >= 11 is 0. The highest BCUT2D eigenvalue weighted by Crippen LogP contribution is 1.99. The fraction of sp³-hybridized carbons (Fsp3) is 0.583. The number of rotatable bonds is 3. The summed E-state index contributed by atoms with van der Waals surface area (Å²) in [5.74, 6) is 0.0862. The number of aromatic amines is 1. The van der Waals surface area contributed by atoms with Gasteiger partial charge in [-0.1, -0.05) is 33.1 Å². The minimum atomic E-state index is 0.0862. The lowest BCUT2D eigenvalue weighted by Crippen LogP contribution is -1.90. The molecule has 0 aliphatic rings. The summed E-state index contributed by atoms with van der Waals surface area (Å²) in [7, 11) is 0. The van der Waals surface area contributed by atoms with E-state index in [1.165, 1.54) is 19.3 Å². The van der Waals surface area contributed by atoms with Crippen LogP contribution < -0.4 is 0 Å². The summed E-state index contributed by atoms with van der Waals surface area (Å²) in [6.45, 7) is 7.89. The van der Waals surface area contributed by atoms with Crippen LogP contribution >= 0.6 is 0 Å². The van der Waals surface area contributed by atoms with Crippen LogP contribution in [0.15, 0.2) is 12.1 Å². The molecule has 0 amide bonds. The number of hydrogen-bond donors (Lipinski definition) is 1. The zero-order valence-electron chi connectivity index (χ0n) is 9.68. The Labute approximate surface area is 86.7 Å². The first-order valence-corrected chi connectivity index (χ1v) is 5.28. The average Bonchev–Trinajstić information content (AvgIpc) is 2.54. The first kappa shape index (κ1) is 12.9. The largest absolute Gasteiger partial charge is 0.356 e. The topological polar surface area (TPSA) is 32.9 Å². The van der Waals surface area contributed by atoms with Gasteiger partial charge in [0.05, 0.1) is 5.69 Å². The number of carbonyl (C=O) groups excluding carboxylic acids is 1. The van der Waals surface area contributed by atoms with Crippen LogP contribution in [0.25, 0.3) is 0 Å². The van der Waals surface area contributed by atoms with Gasteiger partial charge >= 0.3 is 0 Å². The highest BCUT2D eigenvalue weighted by molar-refractivity contribution is 5.92. The Morgan fingerprint density at radius 2 is 1.86 bits per heavy atom. The van der Waals surface area contributed by atoms with Crippen LogP contribution in [0.5, 0.6) is 0 Å². The van der Waals surface area contributed by atoms with Crippen LogP contribution in [0.1, 0.15) is 56.2 Å². The van der Waals surface area contributed by atoms with Gasteiger partial charge in [-0.15, -0.1) is 0 Å². The standard InChI is InChI=1S/C7H9NO.C5H12/c1-5-3-4-7(8-5)6(2)9;1-3-5-4-2/h3-4,8H,1-2H3;3-5H2,1-2H3. The number of H-pyrrole nitrogens is 1. The molecule has 0 atom stereocenters. The molecule has 1 aromatic rings. The molecule has 1 aromatic heterocycles. The predicted octanol–water partition coefficient (Wildman–Crippen LogP) is 3.72. The average molecular weight is 195 g/mol. The van der Waals surface area contributed by atoms with Crippen molar-refractivity contribution >= 4 is 5.78 Å². The van der Waals surface area contributed by atoms with Crippen molar-refractivity contribution in [2.75, 3.05) is 0 Å². The number of unbranched alkanes of at least 4 members (excludes halogenated alkanes) is 2. The number of hydrogen-bond acceptors (Lipinski definition) is 1. The zero-order valence-corrected chi connectivity index (χ0v) is 9.68. The van der Waals surface area contributed by atoms with Gasteiger partial charge in [0.1, 0.15) is 0 Å². The predicted molar refractivity (Wildman–Crippen MR) is 60.7 cm³/mol. The van der Waals surface area contributed by atoms with Crippen LogP contribution in [0.4, 0.5) is 0 Å². The summed E-state index contributed by atoms with van der Waals surface area (Å²) in [5, 5.41) is 0. The highest BCUT2D eigenvalue weighted by Gasteiger charge is 1.97. The number of nitrogens with one attached hydrogen (secondary N) is 1. The van der Waals surface area contributed by atoms with Crippen LogP contribution in [0.3, 0.4) is 0 Å². The van der Waals surface area contributed by atoms with E-state index < -0.39 is 0 Å². The number of aromatic nitrogens is 1. The lowest BCUT2D eigenvalue weighted by atomic mass is 10.3. The Bertz CT molecular complexity index is 261. The third-order valence-corrected chi connectivity index (χ3v) is 1.92. The normalized spacial score (nSPS) is 9.14. The van der Waals surface area contributed by atoms with Crippen molar-refractivity contribution in [2.45, 2.75) is 47.0 Å². The molecule has 0 spiro atoms. The molecule has 2 nitrogen and oxygen atoms in total. The van der Waals surface area contributed by atoms with Gasteiger partial charge in [-0.05, 0) is 19.1 Å². The zero-order chi connectivity index (χ0) is 11.0. The molecule has 0 unspecified atom stereocenters.